The van der Waals surface area contributed by atoms with Crippen LogP contribution >= 0.6 is 11.8 Å². The third kappa shape index (κ3) is 3.74. The minimum absolute atomic E-state index is 0.153. The zero-order valence-corrected chi connectivity index (χ0v) is 14.9. The zero-order valence-electron chi connectivity index (χ0n) is 14.1. The van der Waals surface area contributed by atoms with Crippen LogP contribution in [0.2, 0.25) is 0 Å². The van der Waals surface area contributed by atoms with Crippen molar-refractivity contribution in [3.05, 3.63) is 22.6 Å². The summed E-state index contributed by atoms with van der Waals surface area (Å²) in [4.78, 5) is 26.2. The summed E-state index contributed by atoms with van der Waals surface area (Å²) in [5.74, 6) is 1.48. The summed E-state index contributed by atoms with van der Waals surface area (Å²) in [7, 11) is 1.59. The van der Waals surface area contributed by atoms with Crippen LogP contribution in [-0.2, 0) is 9.53 Å². The lowest BCUT2D eigenvalue weighted by Gasteiger charge is -2.11. The second-order valence-corrected chi connectivity index (χ2v) is 6.35. The molecule has 134 valence electrons. The first kappa shape index (κ1) is 17.6. The van der Waals surface area contributed by atoms with E-state index in [9.17, 15) is 9.59 Å². The molecule has 1 fully saturated rings. The second kappa shape index (κ2) is 7.79. The molecule has 2 amide bonds. The lowest BCUT2D eigenvalue weighted by molar-refractivity contribution is -0.122. The van der Waals surface area contributed by atoms with Crippen LogP contribution in [0.5, 0.6) is 17.2 Å². The number of rotatable bonds is 7. The average molecular weight is 365 g/mol. The van der Waals surface area contributed by atoms with E-state index in [1.54, 1.807) is 25.3 Å². The number of amides is 2. The molecule has 2 heterocycles. The summed E-state index contributed by atoms with van der Waals surface area (Å²) in [5.41, 5.74) is 0.675. The average Bonchev–Trinajstić information content (AvgIpc) is 3.14. The van der Waals surface area contributed by atoms with Crippen LogP contribution in [0.4, 0.5) is 4.79 Å². The number of ether oxygens (including phenoxy) is 4. The second-order valence-electron chi connectivity index (χ2n) is 5.36. The number of carbonyl (C=O) groups is 2. The number of hydrogen-bond acceptors (Lipinski definition) is 7. The first-order chi connectivity index (χ1) is 12.1. The summed E-state index contributed by atoms with van der Waals surface area (Å²) >= 11 is 0.925. The van der Waals surface area contributed by atoms with Crippen molar-refractivity contribution >= 4 is 29.0 Å². The van der Waals surface area contributed by atoms with Crippen molar-refractivity contribution < 1.29 is 28.5 Å². The van der Waals surface area contributed by atoms with E-state index in [0.717, 1.165) is 11.8 Å². The predicted octanol–water partition coefficient (Wildman–Crippen LogP) is 2.89. The van der Waals surface area contributed by atoms with E-state index < -0.39 is 0 Å². The maximum atomic E-state index is 12.5. The third-order valence-corrected chi connectivity index (χ3v) is 4.60. The van der Waals surface area contributed by atoms with Crippen LogP contribution in [0.25, 0.3) is 6.08 Å². The maximum absolute atomic E-state index is 12.5. The van der Waals surface area contributed by atoms with Crippen LogP contribution in [0, 0.1) is 0 Å². The summed E-state index contributed by atoms with van der Waals surface area (Å²) in [6.07, 6.45) is 2.27. The Morgan fingerprint density at radius 3 is 2.76 bits per heavy atom. The van der Waals surface area contributed by atoms with Gasteiger partial charge in [-0.3, -0.25) is 14.5 Å². The van der Waals surface area contributed by atoms with E-state index in [4.69, 9.17) is 18.9 Å². The van der Waals surface area contributed by atoms with Gasteiger partial charge in [-0.25, -0.2) is 0 Å². The Balaban J connectivity index is 1.85. The number of nitrogens with zero attached hydrogens (tertiary/aromatic N) is 1. The van der Waals surface area contributed by atoms with Crippen LogP contribution in [0.1, 0.15) is 18.9 Å². The molecule has 0 spiro atoms. The van der Waals surface area contributed by atoms with Crippen molar-refractivity contribution in [2.24, 2.45) is 0 Å². The number of carbonyl (C=O) groups excluding carboxylic acids is 2. The Morgan fingerprint density at radius 1 is 1.28 bits per heavy atom. The Labute approximate surface area is 149 Å². The fourth-order valence-corrected chi connectivity index (χ4v) is 3.39. The molecule has 2 aliphatic rings. The summed E-state index contributed by atoms with van der Waals surface area (Å²) < 4.78 is 21.3. The van der Waals surface area contributed by atoms with Gasteiger partial charge in [0.25, 0.3) is 11.1 Å². The standard InChI is InChI=1S/C17H19NO6S/c1-3-22-12-9-14-13(23-10-24-14)7-11(12)8-15-16(19)18(17(20)25-15)5-4-6-21-2/h7-9H,3-6,10H2,1-2H3/b15-8+. The molecule has 1 aromatic carbocycles. The van der Waals surface area contributed by atoms with Gasteiger partial charge in [0.1, 0.15) is 5.75 Å². The van der Waals surface area contributed by atoms with E-state index in [1.165, 1.54) is 4.90 Å². The quantitative estimate of drug-likeness (QED) is 0.543. The molecule has 1 saturated heterocycles. The van der Waals surface area contributed by atoms with Gasteiger partial charge in [0.05, 0.1) is 11.5 Å². The molecule has 0 unspecified atom stereocenters. The van der Waals surface area contributed by atoms with Gasteiger partial charge >= 0.3 is 0 Å². The van der Waals surface area contributed by atoms with Gasteiger partial charge in [0.15, 0.2) is 11.5 Å². The van der Waals surface area contributed by atoms with E-state index in [1.807, 2.05) is 6.92 Å². The van der Waals surface area contributed by atoms with Crippen LogP contribution in [0.3, 0.4) is 0 Å². The minimum Gasteiger partial charge on any atom is -0.493 e. The van der Waals surface area contributed by atoms with Gasteiger partial charge in [-0.15, -0.1) is 0 Å². The van der Waals surface area contributed by atoms with Gasteiger partial charge in [0, 0.05) is 31.9 Å². The number of imide groups is 1. The van der Waals surface area contributed by atoms with Gasteiger partial charge in [-0.05, 0) is 37.2 Å². The highest BCUT2D eigenvalue weighted by Gasteiger charge is 2.34. The Hall–Kier alpha value is -2.19. The van der Waals surface area contributed by atoms with E-state index >= 15 is 0 Å². The number of hydrogen-bond donors (Lipinski definition) is 0. The molecule has 2 aliphatic heterocycles. The third-order valence-electron chi connectivity index (χ3n) is 3.70. The maximum Gasteiger partial charge on any atom is 0.293 e. The van der Waals surface area contributed by atoms with Gasteiger partial charge in [-0.2, -0.15) is 0 Å². The molecule has 1 aromatic rings. The van der Waals surface area contributed by atoms with Crippen molar-refractivity contribution in [3.8, 4) is 17.2 Å². The first-order valence-electron chi connectivity index (χ1n) is 7.94. The molecule has 0 atom stereocenters. The minimum atomic E-state index is -0.300. The molecule has 8 heteroatoms. The van der Waals surface area contributed by atoms with Crippen LogP contribution < -0.4 is 14.2 Å². The lowest BCUT2D eigenvalue weighted by atomic mass is 10.1. The molecule has 0 radical (unpaired) electrons. The largest absolute Gasteiger partial charge is 0.493 e. The first-order valence-corrected chi connectivity index (χ1v) is 8.76. The Bertz CT molecular complexity index is 717. The normalized spacial score (nSPS) is 17.7. The Morgan fingerprint density at radius 2 is 2.04 bits per heavy atom. The molecular weight excluding hydrogens is 346 g/mol. The number of thioether (sulfide) groups is 1. The van der Waals surface area contributed by atoms with Gasteiger partial charge < -0.3 is 18.9 Å². The summed E-state index contributed by atoms with van der Waals surface area (Å²) in [6, 6.07) is 3.49. The number of fused-ring (bicyclic) bond motifs is 1. The van der Waals surface area contributed by atoms with Crippen molar-refractivity contribution in [3.63, 3.8) is 0 Å². The molecule has 0 saturated carbocycles. The molecule has 0 aliphatic carbocycles. The molecule has 25 heavy (non-hydrogen) atoms. The Kier molecular flexibility index (Phi) is 5.50. The number of methoxy groups -OCH3 is 1. The van der Waals surface area contributed by atoms with E-state index in [2.05, 4.69) is 0 Å². The molecular formula is C17H19NO6S. The highest BCUT2D eigenvalue weighted by Crippen LogP contribution is 2.41. The predicted molar refractivity (Wildman–Crippen MR) is 92.9 cm³/mol. The zero-order chi connectivity index (χ0) is 17.8. The number of benzene rings is 1. The highest BCUT2D eigenvalue weighted by atomic mass is 32.2. The van der Waals surface area contributed by atoms with E-state index in [-0.39, 0.29) is 17.9 Å². The van der Waals surface area contributed by atoms with Gasteiger partial charge in [-0.1, -0.05) is 0 Å². The smallest absolute Gasteiger partial charge is 0.293 e. The van der Waals surface area contributed by atoms with Crippen LogP contribution in [0.15, 0.2) is 17.0 Å². The van der Waals surface area contributed by atoms with Gasteiger partial charge in [0.2, 0.25) is 6.79 Å². The molecule has 7 nitrogen and oxygen atoms in total. The van der Waals surface area contributed by atoms with E-state index in [0.29, 0.717) is 53.9 Å². The van der Waals surface area contributed by atoms with Crippen molar-refractivity contribution in [1.29, 1.82) is 0 Å². The van der Waals surface area contributed by atoms with Crippen molar-refractivity contribution in [2.45, 2.75) is 13.3 Å². The fourth-order valence-electron chi connectivity index (χ4n) is 2.53. The topological polar surface area (TPSA) is 74.3 Å². The highest BCUT2D eigenvalue weighted by molar-refractivity contribution is 8.18. The van der Waals surface area contributed by atoms with Crippen LogP contribution in [-0.4, -0.2) is 49.7 Å². The molecule has 3 rings (SSSR count). The summed E-state index contributed by atoms with van der Waals surface area (Å²) in [6.45, 7) is 3.34. The lowest BCUT2D eigenvalue weighted by Crippen LogP contribution is -2.29. The molecule has 0 aromatic heterocycles. The summed E-state index contributed by atoms with van der Waals surface area (Å²) in [5, 5.41) is -0.272. The van der Waals surface area contributed by atoms with Crippen molar-refractivity contribution in [2.75, 3.05) is 33.7 Å². The SMILES string of the molecule is CCOc1cc2c(cc1/C=C1/SC(=O)N(CCCOC)C1=O)OCO2. The monoisotopic (exact) mass is 365 g/mol. The molecule has 0 N–H and O–H groups in total. The van der Waals surface area contributed by atoms with Crippen molar-refractivity contribution in [1.82, 2.24) is 4.90 Å². The fraction of sp³-hybridized carbons (Fsp3) is 0.412. The molecule has 0 bridgehead atoms.